The van der Waals surface area contributed by atoms with Crippen LogP contribution in [-0.4, -0.2) is 5.91 Å². The minimum atomic E-state index is -0.147. The fraction of sp³-hybridized carbons (Fsp3) is 0.100. The summed E-state index contributed by atoms with van der Waals surface area (Å²) in [5, 5.41) is 2.72. The summed E-state index contributed by atoms with van der Waals surface area (Å²) >= 11 is 2.16. The van der Waals surface area contributed by atoms with Gasteiger partial charge in [-0.1, -0.05) is 18.1 Å². The maximum Gasteiger partial charge on any atom is 0.236 e. The highest BCUT2D eigenvalue weighted by atomic mass is 127. The Hall–Kier alpha value is -1.02. The lowest BCUT2D eigenvalue weighted by Gasteiger charge is -2.04. The standard InChI is InChI=1S/C10H8INO/c1-2-5-10(13)12-9-7-4-3-6-8(9)11/h1,3-4,6-7H,5H2,(H,12,13). The van der Waals surface area contributed by atoms with Gasteiger partial charge in [-0.2, -0.15) is 0 Å². The van der Waals surface area contributed by atoms with Gasteiger partial charge in [0, 0.05) is 3.57 Å². The van der Waals surface area contributed by atoms with Gasteiger partial charge in [0.15, 0.2) is 0 Å². The number of para-hydroxylation sites is 1. The second-order valence-electron chi connectivity index (χ2n) is 2.41. The highest BCUT2D eigenvalue weighted by Crippen LogP contribution is 2.16. The summed E-state index contributed by atoms with van der Waals surface area (Å²) in [4.78, 5) is 11.1. The molecular weight excluding hydrogens is 277 g/mol. The van der Waals surface area contributed by atoms with E-state index in [-0.39, 0.29) is 12.3 Å². The molecule has 0 aliphatic heterocycles. The summed E-state index contributed by atoms with van der Waals surface area (Å²) in [6.07, 6.45) is 5.12. The van der Waals surface area contributed by atoms with Crippen LogP contribution >= 0.6 is 22.6 Å². The number of rotatable bonds is 2. The third kappa shape index (κ3) is 3.07. The first-order valence-electron chi connectivity index (χ1n) is 3.72. The van der Waals surface area contributed by atoms with Crippen molar-refractivity contribution in [2.24, 2.45) is 0 Å². The van der Waals surface area contributed by atoms with Gasteiger partial charge < -0.3 is 5.32 Å². The zero-order valence-electron chi connectivity index (χ0n) is 6.88. The molecule has 0 aliphatic carbocycles. The molecule has 1 aromatic rings. The highest BCUT2D eigenvalue weighted by molar-refractivity contribution is 14.1. The molecule has 3 heteroatoms. The molecule has 1 amide bonds. The zero-order chi connectivity index (χ0) is 9.68. The summed E-state index contributed by atoms with van der Waals surface area (Å²) in [5.74, 6) is 2.15. The molecule has 1 rings (SSSR count). The van der Waals surface area contributed by atoms with Crippen LogP contribution in [0.2, 0.25) is 0 Å². The quantitative estimate of drug-likeness (QED) is 0.655. The lowest BCUT2D eigenvalue weighted by atomic mass is 10.3. The first kappa shape index (κ1) is 10.1. The number of benzene rings is 1. The molecule has 0 spiro atoms. The highest BCUT2D eigenvalue weighted by Gasteiger charge is 2.01. The lowest BCUT2D eigenvalue weighted by Crippen LogP contribution is -2.10. The Morgan fingerprint density at radius 2 is 2.23 bits per heavy atom. The molecule has 0 aliphatic rings. The largest absolute Gasteiger partial charge is 0.324 e. The van der Waals surface area contributed by atoms with Crippen molar-refractivity contribution >= 4 is 34.2 Å². The predicted octanol–water partition coefficient (Wildman–Crippen LogP) is 2.25. The minimum absolute atomic E-state index is 0.116. The Morgan fingerprint density at radius 1 is 1.54 bits per heavy atom. The first-order valence-corrected chi connectivity index (χ1v) is 4.79. The average molecular weight is 285 g/mol. The van der Waals surface area contributed by atoms with Crippen LogP contribution in [0.15, 0.2) is 24.3 Å². The van der Waals surface area contributed by atoms with Gasteiger partial charge in [-0.15, -0.1) is 6.42 Å². The molecule has 0 bridgehead atoms. The smallest absolute Gasteiger partial charge is 0.236 e. The van der Waals surface area contributed by atoms with Crippen molar-refractivity contribution in [3.05, 3.63) is 27.8 Å². The zero-order valence-corrected chi connectivity index (χ0v) is 9.04. The van der Waals surface area contributed by atoms with Crippen LogP contribution in [0.1, 0.15) is 6.42 Å². The molecule has 0 atom stereocenters. The van der Waals surface area contributed by atoms with Crippen LogP contribution < -0.4 is 5.32 Å². The van der Waals surface area contributed by atoms with Gasteiger partial charge in [0.25, 0.3) is 0 Å². The molecule has 2 nitrogen and oxygen atoms in total. The predicted molar refractivity (Wildman–Crippen MR) is 61.2 cm³/mol. The molecule has 0 saturated heterocycles. The Kier molecular flexibility index (Phi) is 3.77. The Labute approximate surface area is 90.9 Å². The topological polar surface area (TPSA) is 29.1 Å². The van der Waals surface area contributed by atoms with E-state index < -0.39 is 0 Å². The van der Waals surface area contributed by atoms with E-state index in [1.807, 2.05) is 24.3 Å². The van der Waals surface area contributed by atoms with Crippen molar-refractivity contribution in [3.8, 4) is 12.3 Å². The molecule has 0 radical (unpaired) electrons. The fourth-order valence-corrected chi connectivity index (χ4v) is 1.37. The molecule has 0 heterocycles. The van der Waals surface area contributed by atoms with Gasteiger partial charge in [0.05, 0.1) is 12.1 Å². The van der Waals surface area contributed by atoms with Gasteiger partial charge in [-0.05, 0) is 34.7 Å². The van der Waals surface area contributed by atoms with E-state index in [0.29, 0.717) is 0 Å². The SMILES string of the molecule is C#CCC(=O)Nc1ccccc1I. The molecule has 0 saturated carbocycles. The van der Waals surface area contributed by atoms with Crippen molar-refractivity contribution < 1.29 is 4.79 Å². The molecule has 66 valence electrons. The molecule has 0 aromatic heterocycles. The average Bonchev–Trinajstić information content (AvgIpc) is 2.09. The van der Waals surface area contributed by atoms with E-state index in [1.165, 1.54) is 0 Å². The monoisotopic (exact) mass is 285 g/mol. The number of terminal acetylenes is 1. The van der Waals surface area contributed by atoms with E-state index in [2.05, 4.69) is 33.8 Å². The van der Waals surface area contributed by atoms with Crippen molar-refractivity contribution in [2.45, 2.75) is 6.42 Å². The second kappa shape index (κ2) is 4.87. The van der Waals surface area contributed by atoms with Gasteiger partial charge in [-0.25, -0.2) is 0 Å². The van der Waals surface area contributed by atoms with Crippen LogP contribution in [-0.2, 0) is 4.79 Å². The Morgan fingerprint density at radius 3 is 2.85 bits per heavy atom. The second-order valence-corrected chi connectivity index (χ2v) is 3.57. The van der Waals surface area contributed by atoms with Crippen LogP contribution in [0.4, 0.5) is 5.69 Å². The summed E-state index contributed by atoms with van der Waals surface area (Å²) < 4.78 is 1.01. The molecule has 0 fully saturated rings. The van der Waals surface area contributed by atoms with E-state index in [1.54, 1.807) is 0 Å². The first-order chi connectivity index (χ1) is 6.24. The van der Waals surface area contributed by atoms with Gasteiger partial charge in [0.1, 0.15) is 0 Å². The maximum atomic E-state index is 11.1. The Balaban J connectivity index is 2.70. The number of anilines is 1. The van der Waals surface area contributed by atoms with Gasteiger partial charge in [0.2, 0.25) is 5.91 Å². The third-order valence-corrected chi connectivity index (χ3v) is 2.35. The van der Waals surface area contributed by atoms with Crippen molar-refractivity contribution in [1.82, 2.24) is 0 Å². The molecule has 1 N–H and O–H groups in total. The van der Waals surface area contributed by atoms with Gasteiger partial charge >= 0.3 is 0 Å². The lowest BCUT2D eigenvalue weighted by molar-refractivity contribution is -0.115. The molecule has 13 heavy (non-hydrogen) atoms. The normalized spacial score (nSPS) is 8.92. The number of halogens is 1. The number of nitrogens with one attached hydrogen (secondary N) is 1. The van der Waals surface area contributed by atoms with Crippen LogP contribution in [0, 0.1) is 15.9 Å². The molecule has 0 unspecified atom stereocenters. The molecular formula is C10H8INO. The Bertz CT molecular complexity index is 354. The maximum absolute atomic E-state index is 11.1. The van der Waals surface area contributed by atoms with Crippen LogP contribution in [0.25, 0.3) is 0 Å². The number of hydrogen-bond donors (Lipinski definition) is 1. The van der Waals surface area contributed by atoms with Crippen molar-refractivity contribution in [2.75, 3.05) is 5.32 Å². The summed E-state index contributed by atoms with van der Waals surface area (Å²) in [5.41, 5.74) is 0.809. The number of carbonyl (C=O) groups is 1. The van der Waals surface area contributed by atoms with Crippen molar-refractivity contribution in [1.29, 1.82) is 0 Å². The third-order valence-electron chi connectivity index (χ3n) is 1.41. The van der Waals surface area contributed by atoms with E-state index in [0.717, 1.165) is 9.26 Å². The number of hydrogen-bond acceptors (Lipinski definition) is 1. The van der Waals surface area contributed by atoms with Crippen LogP contribution in [0.5, 0.6) is 0 Å². The minimum Gasteiger partial charge on any atom is -0.324 e. The summed E-state index contributed by atoms with van der Waals surface area (Å²) in [6.45, 7) is 0. The van der Waals surface area contributed by atoms with E-state index in [9.17, 15) is 4.79 Å². The summed E-state index contributed by atoms with van der Waals surface area (Å²) in [6, 6.07) is 7.55. The van der Waals surface area contributed by atoms with Gasteiger partial charge in [-0.3, -0.25) is 4.79 Å². The van der Waals surface area contributed by atoms with Crippen LogP contribution in [0.3, 0.4) is 0 Å². The van der Waals surface area contributed by atoms with E-state index >= 15 is 0 Å². The number of amides is 1. The molecule has 1 aromatic carbocycles. The van der Waals surface area contributed by atoms with E-state index in [4.69, 9.17) is 6.42 Å². The fourth-order valence-electron chi connectivity index (χ4n) is 0.850. The van der Waals surface area contributed by atoms with Crippen molar-refractivity contribution in [3.63, 3.8) is 0 Å². The number of carbonyl (C=O) groups excluding carboxylic acids is 1. The summed E-state index contributed by atoms with van der Waals surface area (Å²) in [7, 11) is 0.